The number of fused-ring (bicyclic) bond motifs is 1. The van der Waals surface area contributed by atoms with Gasteiger partial charge >= 0.3 is 0 Å². The summed E-state index contributed by atoms with van der Waals surface area (Å²) in [5, 5.41) is 9.33. The van der Waals surface area contributed by atoms with Crippen LogP contribution in [0.4, 0.5) is 0 Å². The fraction of sp³-hybridized carbons (Fsp3) is 1.00. The highest BCUT2D eigenvalue weighted by atomic mass is 16.3. The predicted octanol–water partition coefficient (Wildman–Crippen LogP) is 1.63. The molecule has 2 heteroatoms. The van der Waals surface area contributed by atoms with Gasteiger partial charge in [0.15, 0.2) is 0 Å². The van der Waals surface area contributed by atoms with E-state index in [1.165, 1.54) is 45.1 Å². The summed E-state index contributed by atoms with van der Waals surface area (Å²) in [5.74, 6) is 2.07. The minimum absolute atomic E-state index is 0.383. The lowest BCUT2D eigenvalue weighted by Crippen LogP contribution is -2.43. The minimum Gasteiger partial charge on any atom is -0.395 e. The van der Waals surface area contributed by atoms with Crippen LogP contribution in [0.15, 0.2) is 0 Å². The maximum absolute atomic E-state index is 9.33. The van der Waals surface area contributed by atoms with Gasteiger partial charge in [0.1, 0.15) is 0 Å². The molecule has 1 saturated heterocycles. The molecule has 3 aliphatic rings. The Bertz CT molecular complexity index is 218. The molecule has 14 heavy (non-hydrogen) atoms. The highest BCUT2D eigenvalue weighted by Crippen LogP contribution is 2.52. The van der Waals surface area contributed by atoms with E-state index < -0.39 is 0 Å². The van der Waals surface area contributed by atoms with Gasteiger partial charge in [-0.05, 0) is 44.1 Å². The van der Waals surface area contributed by atoms with Gasteiger partial charge in [0.05, 0.1) is 6.61 Å². The fourth-order valence-corrected chi connectivity index (χ4v) is 3.78. The molecule has 4 atom stereocenters. The molecular weight excluding hydrogens is 174 g/mol. The molecule has 0 radical (unpaired) electrons. The second-order valence-corrected chi connectivity index (χ2v) is 5.37. The molecule has 0 aromatic rings. The summed E-state index contributed by atoms with van der Waals surface area (Å²) in [6.07, 6.45) is 8.33. The number of likely N-dealkylation sites (tertiary alicyclic amines) is 1. The number of aliphatic hydroxyl groups is 1. The summed E-state index contributed by atoms with van der Waals surface area (Å²) in [7, 11) is 0. The molecule has 0 spiro atoms. The third-order valence-corrected chi connectivity index (χ3v) is 4.61. The first-order chi connectivity index (χ1) is 6.90. The lowest BCUT2D eigenvalue weighted by molar-refractivity contribution is 0.0903. The third-order valence-electron chi connectivity index (χ3n) is 4.61. The van der Waals surface area contributed by atoms with Gasteiger partial charge in [-0.25, -0.2) is 0 Å². The van der Waals surface area contributed by atoms with Crippen LogP contribution in [0.1, 0.15) is 38.5 Å². The monoisotopic (exact) mass is 195 g/mol. The van der Waals surface area contributed by atoms with Gasteiger partial charge in [0.2, 0.25) is 0 Å². The predicted molar refractivity (Wildman–Crippen MR) is 56.0 cm³/mol. The van der Waals surface area contributed by atoms with Crippen molar-refractivity contribution in [2.24, 2.45) is 11.8 Å². The lowest BCUT2D eigenvalue weighted by atomic mass is 9.93. The highest BCUT2D eigenvalue weighted by Gasteiger charge is 2.48. The van der Waals surface area contributed by atoms with Crippen LogP contribution in [0.3, 0.4) is 0 Å². The van der Waals surface area contributed by atoms with E-state index in [2.05, 4.69) is 4.90 Å². The number of hydrogen-bond acceptors (Lipinski definition) is 2. The number of hydrogen-bond donors (Lipinski definition) is 1. The summed E-state index contributed by atoms with van der Waals surface area (Å²) in [5.41, 5.74) is 0. The average Bonchev–Trinajstić information content (AvgIpc) is 2.86. The molecule has 0 amide bonds. The number of rotatable bonds is 2. The van der Waals surface area contributed by atoms with Crippen LogP contribution in [0.5, 0.6) is 0 Å². The van der Waals surface area contributed by atoms with Crippen LogP contribution in [0.2, 0.25) is 0 Å². The summed E-state index contributed by atoms with van der Waals surface area (Å²) in [4.78, 5) is 2.63. The normalized spacial score (nSPS) is 47.8. The number of aliphatic hydroxyl groups excluding tert-OH is 1. The van der Waals surface area contributed by atoms with Crippen LogP contribution in [0, 0.1) is 11.8 Å². The molecule has 80 valence electrons. The van der Waals surface area contributed by atoms with Crippen molar-refractivity contribution in [3.05, 3.63) is 0 Å². The number of nitrogens with zero attached hydrogens (tertiary/aromatic N) is 1. The Kier molecular flexibility index (Phi) is 2.29. The van der Waals surface area contributed by atoms with Gasteiger partial charge in [-0.3, -0.25) is 4.90 Å². The van der Waals surface area contributed by atoms with Crippen molar-refractivity contribution < 1.29 is 5.11 Å². The van der Waals surface area contributed by atoms with E-state index in [4.69, 9.17) is 0 Å². The van der Waals surface area contributed by atoms with Crippen molar-refractivity contribution in [2.75, 3.05) is 13.2 Å². The van der Waals surface area contributed by atoms with Gasteiger partial charge in [0, 0.05) is 12.1 Å². The molecule has 0 aromatic carbocycles. The molecule has 3 fully saturated rings. The molecule has 1 heterocycles. The van der Waals surface area contributed by atoms with Gasteiger partial charge in [-0.2, -0.15) is 0 Å². The van der Waals surface area contributed by atoms with Gasteiger partial charge in [0.25, 0.3) is 0 Å². The smallest absolute Gasteiger partial charge is 0.0586 e. The van der Waals surface area contributed by atoms with E-state index in [9.17, 15) is 5.11 Å². The zero-order chi connectivity index (χ0) is 9.54. The maximum Gasteiger partial charge on any atom is 0.0586 e. The largest absolute Gasteiger partial charge is 0.395 e. The van der Waals surface area contributed by atoms with Gasteiger partial charge in [-0.15, -0.1) is 0 Å². The first-order valence-electron chi connectivity index (χ1n) is 6.27. The van der Waals surface area contributed by atoms with E-state index in [0.717, 1.165) is 17.9 Å². The first kappa shape index (κ1) is 9.17. The molecule has 0 aromatic heterocycles. The topological polar surface area (TPSA) is 23.5 Å². The van der Waals surface area contributed by atoms with Crippen LogP contribution in [-0.4, -0.2) is 35.2 Å². The fourth-order valence-electron chi connectivity index (χ4n) is 3.78. The maximum atomic E-state index is 9.33. The zero-order valence-electron chi connectivity index (χ0n) is 8.86. The molecule has 0 bridgehead atoms. The minimum atomic E-state index is 0.383. The van der Waals surface area contributed by atoms with E-state index >= 15 is 0 Å². The van der Waals surface area contributed by atoms with Gasteiger partial charge in [-0.1, -0.05) is 12.8 Å². The molecule has 2 saturated carbocycles. The van der Waals surface area contributed by atoms with E-state index in [1.807, 2.05) is 0 Å². The third kappa shape index (κ3) is 1.40. The Balaban J connectivity index is 1.68. The second kappa shape index (κ2) is 3.49. The highest BCUT2D eigenvalue weighted by molar-refractivity contribution is 5.01. The Morgan fingerprint density at radius 2 is 2.07 bits per heavy atom. The molecule has 4 unspecified atom stereocenters. The molecule has 1 N–H and O–H groups in total. The van der Waals surface area contributed by atoms with Crippen molar-refractivity contribution in [2.45, 2.75) is 50.6 Å². The quantitative estimate of drug-likeness (QED) is 0.724. The Hall–Kier alpha value is -0.0800. The summed E-state index contributed by atoms with van der Waals surface area (Å²) >= 11 is 0. The Labute approximate surface area is 86.3 Å². The van der Waals surface area contributed by atoms with Crippen LogP contribution >= 0.6 is 0 Å². The van der Waals surface area contributed by atoms with Crippen molar-refractivity contribution in [3.63, 3.8) is 0 Å². The van der Waals surface area contributed by atoms with E-state index in [1.54, 1.807) is 0 Å². The van der Waals surface area contributed by atoms with E-state index in [-0.39, 0.29) is 0 Å². The standard InChI is InChI=1S/C12H21NO/c14-8-10-4-2-6-13(10)12-5-1-3-9-7-11(9)12/h9-12,14H,1-8H2. The molecule has 2 nitrogen and oxygen atoms in total. The van der Waals surface area contributed by atoms with Crippen LogP contribution in [-0.2, 0) is 0 Å². The summed E-state index contributed by atoms with van der Waals surface area (Å²) in [6.45, 7) is 1.63. The Morgan fingerprint density at radius 3 is 2.93 bits per heavy atom. The lowest BCUT2D eigenvalue weighted by Gasteiger charge is -2.34. The average molecular weight is 195 g/mol. The van der Waals surface area contributed by atoms with Crippen molar-refractivity contribution in [1.29, 1.82) is 0 Å². The van der Waals surface area contributed by atoms with Crippen LogP contribution in [0.25, 0.3) is 0 Å². The molecular formula is C12H21NO. The molecule has 2 aliphatic carbocycles. The van der Waals surface area contributed by atoms with Crippen LogP contribution < -0.4 is 0 Å². The van der Waals surface area contributed by atoms with Crippen molar-refractivity contribution >= 4 is 0 Å². The second-order valence-electron chi connectivity index (χ2n) is 5.37. The van der Waals surface area contributed by atoms with Gasteiger partial charge < -0.3 is 5.11 Å². The molecule has 1 aliphatic heterocycles. The summed E-state index contributed by atoms with van der Waals surface area (Å²) < 4.78 is 0. The van der Waals surface area contributed by atoms with Crippen molar-refractivity contribution in [1.82, 2.24) is 4.90 Å². The SMILES string of the molecule is OCC1CCCN1C1CCCC2CC21. The zero-order valence-corrected chi connectivity index (χ0v) is 8.86. The summed E-state index contributed by atoms with van der Waals surface area (Å²) in [6, 6.07) is 1.34. The van der Waals surface area contributed by atoms with Crippen molar-refractivity contribution in [3.8, 4) is 0 Å². The first-order valence-corrected chi connectivity index (χ1v) is 6.27. The van der Waals surface area contributed by atoms with E-state index in [0.29, 0.717) is 12.6 Å². The molecule has 3 rings (SSSR count). The Morgan fingerprint density at radius 1 is 1.14 bits per heavy atom.